The van der Waals surface area contributed by atoms with Crippen molar-refractivity contribution in [3.05, 3.63) is 70.8 Å². The number of rotatable bonds is 8. The van der Waals surface area contributed by atoms with E-state index in [2.05, 4.69) is 65.8 Å². The second-order valence-corrected chi connectivity index (χ2v) is 10.3. The molecule has 2 rings (SSSR count). The van der Waals surface area contributed by atoms with Gasteiger partial charge in [0, 0.05) is 27.1 Å². The molecule has 0 amide bonds. The predicted octanol–water partition coefficient (Wildman–Crippen LogP) is 6.51. The summed E-state index contributed by atoms with van der Waals surface area (Å²) in [6, 6.07) is 16.4. The van der Waals surface area contributed by atoms with Crippen LogP contribution in [0.15, 0.2) is 48.5 Å². The highest BCUT2D eigenvalue weighted by atomic mass is 16.5. The van der Waals surface area contributed by atoms with Gasteiger partial charge in [-0.15, -0.1) is 0 Å². The largest absolute Gasteiger partial charge is 0.376 e. The molecular weight excluding hydrogens is 372 g/mol. The summed E-state index contributed by atoms with van der Waals surface area (Å²) in [5.41, 5.74) is 4.27. The maximum Gasteiger partial charge on any atom is 0.141 e. The molecule has 0 N–H and O–H groups in total. The predicted molar refractivity (Wildman–Crippen MR) is 124 cm³/mol. The third kappa shape index (κ3) is 6.52. The number of ether oxygens (including phenoxy) is 2. The summed E-state index contributed by atoms with van der Waals surface area (Å²) >= 11 is 0. The molecule has 164 valence electrons. The summed E-state index contributed by atoms with van der Waals surface area (Å²) in [6.07, 6.45) is 0.831. The minimum atomic E-state index is -0.0111. The van der Waals surface area contributed by atoms with E-state index in [1.807, 2.05) is 24.3 Å². The Labute approximate surface area is 182 Å². The Morgan fingerprint density at radius 1 is 0.733 bits per heavy atom. The van der Waals surface area contributed by atoms with Crippen molar-refractivity contribution >= 4 is 5.78 Å². The van der Waals surface area contributed by atoms with Crippen molar-refractivity contribution < 1.29 is 14.3 Å². The molecule has 2 unspecified atom stereocenters. The first-order valence-corrected chi connectivity index (χ1v) is 10.7. The monoisotopic (exact) mass is 410 g/mol. The van der Waals surface area contributed by atoms with Gasteiger partial charge in [-0.1, -0.05) is 90.1 Å². The number of Topliss-reactive ketones (excluding diaryl/α,β-unsaturated/α-hetero) is 1. The molecule has 3 nitrogen and oxygen atoms in total. The van der Waals surface area contributed by atoms with Crippen molar-refractivity contribution in [3.63, 3.8) is 0 Å². The average molecular weight is 411 g/mol. The van der Waals surface area contributed by atoms with E-state index in [-0.39, 0.29) is 28.8 Å². The van der Waals surface area contributed by atoms with Crippen LogP contribution in [-0.4, -0.2) is 20.0 Å². The van der Waals surface area contributed by atoms with E-state index in [4.69, 9.17) is 9.47 Å². The van der Waals surface area contributed by atoms with Gasteiger partial charge in [0.1, 0.15) is 5.78 Å². The molecule has 0 spiro atoms. The minimum Gasteiger partial charge on any atom is -0.376 e. The summed E-state index contributed by atoms with van der Waals surface area (Å²) in [7, 11) is 3.48. The molecule has 0 saturated heterocycles. The summed E-state index contributed by atoms with van der Waals surface area (Å²) in [5, 5.41) is 0. The first-order valence-electron chi connectivity index (χ1n) is 10.7. The van der Waals surface area contributed by atoms with Crippen LogP contribution in [0, 0.1) is 10.8 Å². The van der Waals surface area contributed by atoms with Crippen molar-refractivity contribution in [2.45, 2.75) is 66.6 Å². The molecule has 0 aromatic heterocycles. The van der Waals surface area contributed by atoms with E-state index in [1.54, 1.807) is 14.2 Å². The Morgan fingerprint density at radius 3 is 1.40 bits per heavy atom. The zero-order valence-electron chi connectivity index (χ0n) is 19.9. The molecule has 0 saturated carbocycles. The fourth-order valence-electron chi connectivity index (χ4n) is 4.23. The van der Waals surface area contributed by atoms with Gasteiger partial charge in [-0.05, 0) is 33.1 Å². The zero-order chi connectivity index (χ0) is 22.5. The summed E-state index contributed by atoms with van der Waals surface area (Å²) < 4.78 is 11.5. The summed E-state index contributed by atoms with van der Waals surface area (Å²) in [6.45, 7) is 13.0. The maximum atomic E-state index is 12.8. The second kappa shape index (κ2) is 9.89. The fraction of sp³-hybridized carbons (Fsp3) is 0.519. The number of carbonyl (C=O) groups is 1. The van der Waals surface area contributed by atoms with Crippen LogP contribution in [0.3, 0.4) is 0 Å². The van der Waals surface area contributed by atoms with Crippen molar-refractivity contribution in [1.82, 2.24) is 0 Å². The van der Waals surface area contributed by atoms with Crippen molar-refractivity contribution in [2.24, 2.45) is 10.8 Å². The van der Waals surface area contributed by atoms with E-state index in [0.29, 0.717) is 12.8 Å². The Hall–Kier alpha value is -1.97. The minimum absolute atomic E-state index is 0.00684. The maximum absolute atomic E-state index is 12.8. The third-order valence-electron chi connectivity index (χ3n) is 5.35. The Morgan fingerprint density at radius 2 is 1.10 bits per heavy atom. The highest BCUT2D eigenvalue weighted by molar-refractivity contribution is 5.83. The van der Waals surface area contributed by atoms with Crippen LogP contribution in [-0.2, 0) is 27.1 Å². The Bertz CT molecular complexity index is 770. The standard InChI is InChI=1S/C27H38O3/c1-26(2,3)24(29-7)21-13-9-11-19(15-21)17-23(28)18-20-12-10-14-22(16-20)25(30-8)27(4,5)6/h9-16,24-25H,17-18H2,1-8H3. The van der Waals surface area contributed by atoms with Gasteiger partial charge in [0.2, 0.25) is 0 Å². The first-order chi connectivity index (χ1) is 14.0. The van der Waals surface area contributed by atoms with Crippen LogP contribution in [0.1, 0.15) is 76.0 Å². The van der Waals surface area contributed by atoms with Crippen LogP contribution < -0.4 is 0 Å². The molecule has 2 aromatic rings. The number of ketones is 1. The molecule has 2 aromatic carbocycles. The molecule has 0 bridgehead atoms. The SMILES string of the molecule is COC(c1cccc(CC(=O)Cc2cccc(C(OC)C(C)(C)C)c2)c1)C(C)(C)C. The molecule has 0 radical (unpaired) electrons. The van der Waals surface area contributed by atoms with Gasteiger partial charge >= 0.3 is 0 Å². The van der Waals surface area contributed by atoms with E-state index in [0.717, 1.165) is 22.3 Å². The van der Waals surface area contributed by atoms with Crippen LogP contribution >= 0.6 is 0 Å². The highest BCUT2D eigenvalue weighted by Crippen LogP contribution is 2.36. The van der Waals surface area contributed by atoms with E-state index in [1.165, 1.54) is 0 Å². The lowest BCUT2D eigenvalue weighted by molar-refractivity contribution is -0.117. The van der Waals surface area contributed by atoms with Gasteiger partial charge in [-0.2, -0.15) is 0 Å². The van der Waals surface area contributed by atoms with Gasteiger partial charge in [-0.25, -0.2) is 0 Å². The molecule has 0 fully saturated rings. The van der Waals surface area contributed by atoms with Crippen LogP contribution in [0.5, 0.6) is 0 Å². The third-order valence-corrected chi connectivity index (χ3v) is 5.35. The lowest BCUT2D eigenvalue weighted by atomic mass is 9.83. The number of carbonyl (C=O) groups excluding carboxylic acids is 1. The van der Waals surface area contributed by atoms with Crippen LogP contribution in [0.25, 0.3) is 0 Å². The Balaban J connectivity index is 2.14. The first kappa shape index (κ1) is 24.3. The van der Waals surface area contributed by atoms with Crippen molar-refractivity contribution in [3.8, 4) is 0 Å². The highest BCUT2D eigenvalue weighted by Gasteiger charge is 2.27. The van der Waals surface area contributed by atoms with Crippen LogP contribution in [0.2, 0.25) is 0 Å². The van der Waals surface area contributed by atoms with Gasteiger partial charge in [-0.3, -0.25) is 4.79 Å². The molecule has 30 heavy (non-hydrogen) atoms. The second-order valence-electron chi connectivity index (χ2n) is 10.3. The fourth-order valence-corrected chi connectivity index (χ4v) is 4.23. The van der Waals surface area contributed by atoms with Crippen molar-refractivity contribution in [1.29, 1.82) is 0 Å². The Kier molecular flexibility index (Phi) is 8.01. The van der Waals surface area contributed by atoms with Gasteiger partial charge in [0.25, 0.3) is 0 Å². The molecule has 2 atom stereocenters. The average Bonchev–Trinajstić information content (AvgIpc) is 2.61. The normalized spacial score (nSPS) is 14.4. The van der Waals surface area contributed by atoms with Crippen LogP contribution in [0.4, 0.5) is 0 Å². The van der Waals surface area contributed by atoms with Gasteiger partial charge in [0.05, 0.1) is 12.2 Å². The van der Waals surface area contributed by atoms with E-state index >= 15 is 0 Å². The summed E-state index contributed by atoms with van der Waals surface area (Å²) in [5.74, 6) is 0.207. The molecule has 0 aliphatic carbocycles. The zero-order valence-corrected chi connectivity index (χ0v) is 19.9. The lowest BCUT2D eigenvalue weighted by Crippen LogP contribution is -2.20. The lowest BCUT2D eigenvalue weighted by Gasteiger charge is -2.30. The van der Waals surface area contributed by atoms with E-state index < -0.39 is 0 Å². The smallest absolute Gasteiger partial charge is 0.141 e. The molecular formula is C27H38O3. The van der Waals surface area contributed by atoms with Gasteiger partial charge < -0.3 is 9.47 Å². The number of hydrogen-bond donors (Lipinski definition) is 0. The van der Waals surface area contributed by atoms with Crippen molar-refractivity contribution in [2.75, 3.05) is 14.2 Å². The topological polar surface area (TPSA) is 35.5 Å². The quantitative estimate of drug-likeness (QED) is 0.498. The van der Waals surface area contributed by atoms with Gasteiger partial charge in [0.15, 0.2) is 0 Å². The number of benzene rings is 2. The molecule has 3 heteroatoms. The molecule has 0 aliphatic heterocycles. The number of methoxy groups -OCH3 is 2. The molecule has 0 heterocycles. The molecule has 0 aliphatic rings. The van der Waals surface area contributed by atoms with E-state index in [9.17, 15) is 4.79 Å². The summed E-state index contributed by atoms with van der Waals surface area (Å²) in [4.78, 5) is 12.8. The number of hydrogen-bond acceptors (Lipinski definition) is 3.